The van der Waals surface area contributed by atoms with Gasteiger partial charge in [0.1, 0.15) is 11.4 Å². The van der Waals surface area contributed by atoms with Gasteiger partial charge in [-0.25, -0.2) is 0 Å². The van der Waals surface area contributed by atoms with Gasteiger partial charge in [0.15, 0.2) is 0 Å². The monoisotopic (exact) mass is 754 g/mol. The third-order valence-electron chi connectivity index (χ3n) is 8.22. The van der Waals surface area contributed by atoms with Gasteiger partial charge in [0, 0.05) is 36.6 Å². The fourth-order valence-corrected chi connectivity index (χ4v) is 5.20. The lowest BCUT2D eigenvalue weighted by atomic mass is 9.87. The van der Waals surface area contributed by atoms with Gasteiger partial charge < -0.3 is 10.6 Å². The van der Waals surface area contributed by atoms with Gasteiger partial charge in [-0.3, -0.25) is 60.9 Å². The van der Waals surface area contributed by atoms with Crippen LogP contribution in [0.5, 0.6) is 0 Å². The summed E-state index contributed by atoms with van der Waals surface area (Å²) in [7, 11) is 0. The molecule has 4 rings (SSSR count). The third-order valence-corrected chi connectivity index (χ3v) is 8.22. The third kappa shape index (κ3) is 11.2. The van der Waals surface area contributed by atoms with Crippen molar-refractivity contribution in [3.63, 3.8) is 0 Å². The highest BCUT2D eigenvalue weighted by molar-refractivity contribution is 6.07. The van der Waals surface area contributed by atoms with E-state index in [1.807, 2.05) is 0 Å². The van der Waals surface area contributed by atoms with E-state index in [0.717, 1.165) is 47.5 Å². The summed E-state index contributed by atoms with van der Waals surface area (Å²) in [6.45, 7) is 3.07. The van der Waals surface area contributed by atoms with Crippen molar-refractivity contribution in [1.82, 2.24) is 10.6 Å². The summed E-state index contributed by atoms with van der Waals surface area (Å²) in [6.07, 6.45) is -0.278. The predicted octanol–water partition coefficient (Wildman–Crippen LogP) is 5.85. The minimum absolute atomic E-state index is 0.0610. The van der Waals surface area contributed by atoms with Gasteiger partial charge in [-0.1, -0.05) is 60.7 Å². The number of nitro groups is 4. The van der Waals surface area contributed by atoms with E-state index in [1.54, 1.807) is 60.7 Å². The highest BCUT2D eigenvalue weighted by Crippen LogP contribution is 2.31. The molecule has 0 aliphatic carbocycles. The van der Waals surface area contributed by atoms with Crippen LogP contribution in [0.25, 0.3) is 0 Å². The van der Waals surface area contributed by atoms with Crippen LogP contribution in [0.4, 0.5) is 34.1 Å². The molecule has 0 unspecified atom stereocenters. The average molecular weight is 755 g/mol. The molecule has 284 valence electrons. The molecule has 0 spiro atoms. The van der Waals surface area contributed by atoms with Crippen molar-refractivity contribution >= 4 is 57.4 Å². The van der Waals surface area contributed by atoms with Crippen LogP contribution in [0, 0.1) is 52.3 Å². The number of rotatable bonds is 18. The molecule has 0 heterocycles. The first-order valence-corrected chi connectivity index (χ1v) is 16.3. The lowest BCUT2D eigenvalue weighted by Gasteiger charge is -2.23. The second kappa shape index (κ2) is 18.7. The summed E-state index contributed by atoms with van der Waals surface area (Å²) in [5.74, 6) is -3.56. The van der Waals surface area contributed by atoms with Crippen LogP contribution in [0.2, 0.25) is 0 Å². The molecular weight excluding hydrogens is 720 g/mol. The van der Waals surface area contributed by atoms with E-state index >= 15 is 0 Å². The number of carbonyl (C=O) groups is 2. The molecule has 0 fully saturated rings. The Kier molecular flexibility index (Phi) is 13.7. The fraction of sp³-hybridized carbons (Fsp3) is 0.200. The highest BCUT2D eigenvalue weighted by atomic mass is 16.6. The van der Waals surface area contributed by atoms with Gasteiger partial charge in [0.25, 0.3) is 11.4 Å². The number of hydrogen-bond acceptors (Lipinski definition) is 14. The molecule has 4 aromatic carbocycles. The quantitative estimate of drug-likeness (QED) is 0.0529. The first-order chi connectivity index (χ1) is 26.2. The van der Waals surface area contributed by atoms with Crippen molar-refractivity contribution in [2.24, 2.45) is 22.0 Å². The zero-order valence-electron chi connectivity index (χ0n) is 29.3. The van der Waals surface area contributed by atoms with Crippen molar-refractivity contribution in [3.8, 4) is 0 Å². The molecule has 0 aliphatic rings. The summed E-state index contributed by atoms with van der Waals surface area (Å²) < 4.78 is 0. The van der Waals surface area contributed by atoms with Crippen LogP contribution in [0.3, 0.4) is 0 Å². The van der Waals surface area contributed by atoms with E-state index < -0.39 is 66.1 Å². The number of benzene rings is 4. The summed E-state index contributed by atoms with van der Waals surface area (Å²) in [5.41, 5.74) is 3.90. The maximum absolute atomic E-state index is 13.9. The molecule has 0 saturated carbocycles. The van der Waals surface area contributed by atoms with Crippen molar-refractivity contribution in [3.05, 3.63) is 149 Å². The Morgan fingerprint density at radius 2 is 0.927 bits per heavy atom. The Bertz CT molecular complexity index is 2000. The van der Waals surface area contributed by atoms with E-state index in [-0.39, 0.29) is 42.3 Å². The Labute approximate surface area is 311 Å². The first kappa shape index (κ1) is 40.1. The second-order valence-electron chi connectivity index (χ2n) is 11.9. The zero-order chi connectivity index (χ0) is 40.1. The second-order valence-corrected chi connectivity index (χ2v) is 11.9. The van der Waals surface area contributed by atoms with Gasteiger partial charge in [0.05, 0.1) is 43.7 Å². The number of anilines is 2. The molecule has 4 aromatic rings. The van der Waals surface area contributed by atoms with Crippen LogP contribution >= 0.6 is 0 Å². The van der Waals surface area contributed by atoms with Crippen LogP contribution in [-0.4, -0.2) is 42.9 Å². The smallest absolute Gasteiger partial charge is 0.301 e. The Morgan fingerprint density at radius 3 is 1.25 bits per heavy atom. The number of non-ortho nitro benzene ring substituents is 2. The molecule has 0 bridgehead atoms. The zero-order valence-corrected chi connectivity index (χ0v) is 29.3. The summed E-state index contributed by atoms with van der Waals surface area (Å²) in [5, 5.41) is 60.0. The molecule has 0 aliphatic heterocycles. The molecule has 55 heavy (non-hydrogen) atoms. The number of hydrogen-bond donors (Lipinski definition) is 4. The summed E-state index contributed by atoms with van der Waals surface area (Å²) >= 11 is 0. The lowest BCUT2D eigenvalue weighted by Crippen LogP contribution is -2.41. The Hall–Kier alpha value is -7.64. The summed E-state index contributed by atoms with van der Waals surface area (Å²) in [6, 6.07) is 23.6. The number of nitrogens with one attached hydrogen (secondary N) is 4. The molecule has 20 heteroatoms. The van der Waals surface area contributed by atoms with Crippen molar-refractivity contribution in [2.45, 2.75) is 33.4 Å². The average Bonchev–Trinajstić information content (AvgIpc) is 3.18. The van der Waals surface area contributed by atoms with E-state index in [2.05, 4.69) is 31.7 Å². The molecule has 0 radical (unpaired) electrons. The Morgan fingerprint density at radius 1 is 0.564 bits per heavy atom. The van der Waals surface area contributed by atoms with Gasteiger partial charge in [0.2, 0.25) is 11.8 Å². The number of nitro benzene ring substituents is 4. The van der Waals surface area contributed by atoms with Crippen LogP contribution in [0.15, 0.2) is 107 Å². The molecular formula is C35H34N10O10. The van der Waals surface area contributed by atoms with Crippen LogP contribution < -0.4 is 21.5 Å². The van der Waals surface area contributed by atoms with Gasteiger partial charge in [-0.15, -0.1) is 0 Å². The molecule has 20 nitrogen and oxygen atoms in total. The number of carbonyl (C=O) groups excluding carboxylic acids is 2. The maximum Gasteiger partial charge on any atom is 0.301 e. The standard InChI is InChI=1S/C35H34N10O10/c1-22(38-40-30-15-13-26(42(48)49)17-32(30)44(52)53)28(34(46)36-20-24-9-5-3-6-10-24)19-29(35(47)37-21-25-11-7-4-8-12-25)23(2)39-41-31-16-14-27(43(50)51)18-33(31)45(54)55/h3-18,28-29,40-41H,19-21H2,1-2H3,(H,36,46)(H,37,47)/b38-22-,39-23-/t28-,29+. The van der Waals surface area contributed by atoms with E-state index in [1.165, 1.54) is 13.8 Å². The maximum atomic E-state index is 13.9. The molecule has 4 N–H and O–H groups in total. The first-order valence-electron chi connectivity index (χ1n) is 16.3. The number of hydrazone groups is 2. The van der Waals surface area contributed by atoms with Crippen molar-refractivity contribution in [1.29, 1.82) is 0 Å². The van der Waals surface area contributed by atoms with Crippen LogP contribution in [0.1, 0.15) is 31.4 Å². The van der Waals surface area contributed by atoms with Gasteiger partial charge in [-0.2, -0.15) is 10.2 Å². The lowest BCUT2D eigenvalue weighted by molar-refractivity contribution is -0.393. The van der Waals surface area contributed by atoms with E-state index in [4.69, 9.17) is 0 Å². The Balaban J connectivity index is 1.72. The fourth-order valence-electron chi connectivity index (χ4n) is 5.20. The largest absolute Gasteiger partial charge is 0.351 e. The SMILES string of the molecule is C/C(=N/Nc1ccc([N+](=O)[O-])cc1[N+](=O)[O-])[C@H](C[C@@H](C(=O)NCc1ccccc1)/C(C)=N\Nc1ccc([N+](=O)[O-])cc1[N+](=O)[O-])C(=O)NCc1ccccc1. The van der Waals surface area contributed by atoms with E-state index in [9.17, 15) is 50.0 Å². The molecule has 0 aromatic heterocycles. The van der Waals surface area contributed by atoms with Gasteiger partial charge >= 0.3 is 11.4 Å². The molecule has 2 amide bonds. The number of nitrogens with zero attached hydrogens (tertiary/aromatic N) is 6. The molecule has 2 atom stereocenters. The van der Waals surface area contributed by atoms with Crippen molar-refractivity contribution < 1.29 is 29.3 Å². The topological polar surface area (TPSA) is 280 Å². The molecule has 0 saturated heterocycles. The minimum atomic E-state index is -1.19. The summed E-state index contributed by atoms with van der Waals surface area (Å²) in [4.78, 5) is 70.4. The number of amides is 2. The highest BCUT2D eigenvalue weighted by Gasteiger charge is 2.32. The predicted molar refractivity (Wildman–Crippen MR) is 201 cm³/mol. The normalized spacial score (nSPS) is 12.5. The minimum Gasteiger partial charge on any atom is -0.351 e. The van der Waals surface area contributed by atoms with Crippen molar-refractivity contribution in [2.75, 3.05) is 10.9 Å². The van der Waals surface area contributed by atoms with E-state index in [0.29, 0.717) is 0 Å². The van der Waals surface area contributed by atoms with Crippen LogP contribution in [-0.2, 0) is 22.7 Å². The van der Waals surface area contributed by atoms with Gasteiger partial charge in [-0.05, 0) is 43.5 Å².